The van der Waals surface area contributed by atoms with Gasteiger partial charge in [-0.15, -0.1) is 0 Å². The van der Waals surface area contributed by atoms with E-state index >= 15 is 0 Å². The van der Waals surface area contributed by atoms with E-state index in [1.165, 1.54) is 64.9 Å². The Kier molecular flexibility index (Phi) is 6.02. The molecular weight excluding hydrogens is 657 g/mol. The van der Waals surface area contributed by atoms with Crippen molar-refractivity contribution in [2.24, 2.45) is 0 Å². The maximum Gasteiger partial charge on any atom is 0.165 e. The molecule has 0 bridgehead atoms. The third-order valence-electron chi connectivity index (χ3n) is 11.3. The fourth-order valence-electron chi connectivity index (χ4n) is 8.91. The summed E-state index contributed by atoms with van der Waals surface area (Å²) in [7, 11) is 0. The molecule has 3 aromatic heterocycles. The summed E-state index contributed by atoms with van der Waals surface area (Å²) < 4.78 is 4.77. The summed E-state index contributed by atoms with van der Waals surface area (Å²) in [6, 6.07) is 65.4. The average Bonchev–Trinajstić information content (AvgIpc) is 3.74. The minimum Gasteiger partial charge on any atom is -0.309 e. The summed E-state index contributed by atoms with van der Waals surface area (Å²) in [5, 5.41) is 12.4. The van der Waals surface area contributed by atoms with Gasteiger partial charge in [0.2, 0.25) is 0 Å². The largest absolute Gasteiger partial charge is 0.309 e. The second-order valence-electron chi connectivity index (χ2n) is 14.2. The van der Waals surface area contributed by atoms with Crippen LogP contribution >= 0.6 is 0 Å². The average molecular weight is 687 g/mol. The van der Waals surface area contributed by atoms with Crippen molar-refractivity contribution in [3.05, 3.63) is 182 Å². The highest BCUT2D eigenvalue weighted by Crippen LogP contribution is 2.42. The van der Waals surface area contributed by atoms with E-state index < -0.39 is 0 Å². The van der Waals surface area contributed by atoms with Gasteiger partial charge in [0.1, 0.15) is 5.69 Å². The van der Waals surface area contributed by atoms with Gasteiger partial charge in [0.15, 0.2) is 5.82 Å². The Labute approximate surface area is 309 Å². The number of hydrogen-bond acceptors (Lipinski definition) is 2. The van der Waals surface area contributed by atoms with Crippen LogP contribution in [0.5, 0.6) is 0 Å². The molecule has 0 saturated carbocycles. The van der Waals surface area contributed by atoms with E-state index in [9.17, 15) is 0 Å². The number of rotatable bonds is 3. The molecule has 0 N–H and O–H groups in total. The molecule has 0 atom stereocenters. The Balaban J connectivity index is 1.19. The van der Waals surface area contributed by atoms with Gasteiger partial charge in [-0.25, -0.2) is 9.97 Å². The number of para-hydroxylation sites is 4. The zero-order valence-corrected chi connectivity index (χ0v) is 29.1. The molecule has 4 nitrogen and oxygen atoms in total. The SMILES string of the molecule is c1ccc(-c2nc3ccccc3nc2-n2c3ccccc3c3cc4c(cc32)c2ccccc2n4-c2ccc3c4ccccc4c4ccccc4c3c2)cc1. The lowest BCUT2D eigenvalue weighted by Crippen LogP contribution is -2.03. The molecular formula is C50H30N4. The molecule has 0 spiro atoms. The lowest BCUT2D eigenvalue weighted by molar-refractivity contribution is 1.08. The van der Waals surface area contributed by atoms with Crippen LogP contribution in [0.3, 0.4) is 0 Å². The van der Waals surface area contributed by atoms with E-state index in [0.29, 0.717) is 0 Å². The first kappa shape index (κ1) is 29.3. The van der Waals surface area contributed by atoms with Gasteiger partial charge >= 0.3 is 0 Å². The van der Waals surface area contributed by atoms with Crippen LogP contribution in [0.2, 0.25) is 0 Å². The molecule has 3 heterocycles. The Morgan fingerprint density at radius 2 is 0.759 bits per heavy atom. The fraction of sp³-hybridized carbons (Fsp3) is 0. The number of fused-ring (bicyclic) bond motifs is 13. The molecule has 12 aromatic rings. The van der Waals surface area contributed by atoms with Crippen molar-refractivity contribution < 1.29 is 0 Å². The Bertz CT molecular complexity index is 3460. The molecule has 0 unspecified atom stereocenters. The zero-order valence-electron chi connectivity index (χ0n) is 29.1. The first-order valence-electron chi connectivity index (χ1n) is 18.4. The second kappa shape index (κ2) is 11.1. The highest BCUT2D eigenvalue weighted by atomic mass is 15.1. The van der Waals surface area contributed by atoms with Crippen molar-refractivity contribution in [2.75, 3.05) is 0 Å². The van der Waals surface area contributed by atoms with Crippen LogP contribution < -0.4 is 0 Å². The van der Waals surface area contributed by atoms with Gasteiger partial charge in [-0.05, 0) is 80.8 Å². The van der Waals surface area contributed by atoms with Gasteiger partial charge in [0, 0.05) is 32.8 Å². The maximum absolute atomic E-state index is 5.36. The molecule has 0 aliphatic carbocycles. The van der Waals surface area contributed by atoms with Gasteiger partial charge in [-0.1, -0.05) is 133 Å². The van der Waals surface area contributed by atoms with Crippen molar-refractivity contribution in [3.8, 4) is 22.8 Å². The summed E-state index contributed by atoms with van der Waals surface area (Å²) in [5.74, 6) is 0.822. The highest BCUT2D eigenvalue weighted by Gasteiger charge is 2.22. The lowest BCUT2D eigenvalue weighted by atomic mass is 9.94. The van der Waals surface area contributed by atoms with E-state index in [1.807, 2.05) is 24.3 Å². The van der Waals surface area contributed by atoms with Gasteiger partial charge in [0.05, 0.1) is 33.1 Å². The van der Waals surface area contributed by atoms with Crippen LogP contribution in [0, 0.1) is 0 Å². The van der Waals surface area contributed by atoms with Gasteiger partial charge in [-0.2, -0.15) is 0 Å². The van der Waals surface area contributed by atoms with Crippen molar-refractivity contribution in [2.45, 2.75) is 0 Å². The monoisotopic (exact) mass is 686 g/mol. The lowest BCUT2D eigenvalue weighted by Gasteiger charge is -2.14. The summed E-state index contributed by atoms with van der Waals surface area (Å²) in [6.07, 6.45) is 0. The standard InChI is InChI=1S/C50H30N4/c1-2-14-31(15-3-1)49-50(52-44-23-11-10-22-43(44)51-49)54-46-25-13-9-21-39(46)42-29-47-41(30-48(42)54)38-20-8-12-24-45(38)53(47)32-26-27-37-35-18-5-4-16-33(35)34-17-6-7-19-36(34)40(37)28-32/h1-30H. The third kappa shape index (κ3) is 4.08. The van der Waals surface area contributed by atoms with Crippen molar-refractivity contribution >= 4 is 87.0 Å². The summed E-state index contributed by atoms with van der Waals surface area (Å²) >= 11 is 0. The Morgan fingerprint density at radius 1 is 0.296 bits per heavy atom. The molecule has 0 amide bonds. The Hall–Kier alpha value is -7.30. The molecule has 0 radical (unpaired) electrons. The fourth-order valence-corrected chi connectivity index (χ4v) is 8.91. The normalized spacial score (nSPS) is 12.1. The molecule has 54 heavy (non-hydrogen) atoms. The molecule has 0 aliphatic rings. The van der Waals surface area contributed by atoms with Gasteiger partial charge in [0.25, 0.3) is 0 Å². The molecule has 9 aromatic carbocycles. The van der Waals surface area contributed by atoms with E-state index in [1.54, 1.807) is 0 Å². The number of aromatic nitrogens is 4. The first-order chi connectivity index (χ1) is 26.8. The minimum absolute atomic E-state index is 0.822. The predicted molar refractivity (Wildman–Crippen MR) is 226 cm³/mol. The molecule has 4 heteroatoms. The molecule has 250 valence electrons. The van der Waals surface area contributed by atoms with E-state index in [2.05, 4.69) is 167 Å². The van der Waals surface area contributed by atoms with Crippen LogP contribution in [0.15, 0.2) is 182 Å². The van der Waals surface area contributed by atoms with E-state index in [0.717, 1.165) is 44.8 Å². The van der Waals surface area contributed by atoms with Gasteiger partial charge in [-0.3, -0.25) is 4.57 Å². The number of hydrogen-bond donors (Lipinski definition) is 0. The summed E-state index contributed by atoms with van der Waals surface area (Å²) in [5.41, 5.74) is 9.33. The van der Waals surface area contributed by atoms with E-state index in [-0.39, 0.29) is 0 Å². The van der Waals surface area contributed by atoms with Crippen molar-refractivity contribution in [1.29, 1.82) is 0 Å². The summed E-state index contributed by atoms with van der Waals surface area (Å²) in [4.78, 5) is 10.6. The molecule has 0 fully saturated rings. The minimum atomic E-state index is 0.822. The van der Waals surface area contributed by atoms with Crippen LogP contribution in [0.4, 0.5) is 0 Å². The molecule has 0 aliphatic heterocycles. The molecule has 0 saturated heterocycles. The number of benzene rings is 9. The van der Waals surface area contributed by atoms with Crippen LogP contribution in [-0.2, 0) is 0 Å². The van der Waals surface area contributed by atoms with Crippen LogP contribution in [0.25, 0.3) is 110 Å². The van der Waals surface area contributed by atoms with Crippen molar-refractivity contribution in [3.63, 3.8) is 0 Å². The zero-order chi connectivity index (χ0) is 35.3. The Morgan fingerprint density at radius 3 is 1.39 bits per heavy atom. The highest BCUT2D eigenvalue weighted by molar-refractivity contribution is 6.26. The van der Waals surface area contributed by atoms with Gasteiger partial charge < -0.3 is 4.57 Å². The predicted octanol–water partition coefficient (Wildman–Crippen LogP) is 13.0. The molecule has 12 rings (SSSR count). The maximum atomic E-state index is 5.36. The smallest absolute Gasteiger partial charge is 0.165 e. The third-order valence-corrected chi connectivity index (χ3v) is 11.3. The van der Waals surface area contributed by atoms with Crippen LogP contribution in [-0.4, -0.2) is 19.1 Å². The van der Waals surface area contributed by atoms with Crippen LogP contribution in [0.1, 0.15) is 0 Å². The first-order valence-corrected chi connectivity index (χ1v) is 18.4. The number of nitrogens with zero attached hydrogens (tertiary/aromatic N) is 4. The second-order valence-corrected chi connectivity index (χ2v) is 14.2. The summed E-state index contributed by atoms with van der Waals surface area (Å²) in [6.45, 7) is 0. The van der Waals surface area contributed by atoms with Crippen molar-refractivity contribution in [1.82, 2.24) is 19.1 Å². The quantitative estimate of drug-likeness (QED) is 0.173. The van der Waals surface area contributed by atoms with E-state index in [4.69, 9.17) is 9.97 Å². The topological polar surface area (TPSA) is 35.6 Å².